The molecule has 13 heavy (non-hydrogen) atoms. The molecule has 2 heteroatoms. The van der Waals surface area contributed by atoms with Crippen LogP contribution in [0.25, 0.3) is 0 Å². The van der Waals surface area contributed by atoms with E-state index in [-0.39, 0.29) is 0 Å². The minimum absolute atomic E-state index is 1.15. The van der Waals surface area contributed by atoms with Crippen LogP contribution in [0.5, 0.6) is 0 Å². The third kappa shape index (κ3) is 8.25. The van der Waals surface area contributed by atoms with Gasteiger partial charge in [-0.3, -0.25) is 0 Å². The van der Waals surface area contributed by atoms with Gasteiger partial charge in [-0.2, -0.15) is 0 Å². The van der Waals surface area contributed by atoms with Crippen molar-refractivity contribution < 1.29 is 4.43 Å². The van der Waals surface area contributed by atoms with Crippen LogP contribution in [0.4, 0.5) is 0 Å². The summed E-state index contributed by atoms with van der Waals surface area (Å²) in [5.74, 6) is 0. The predicted molar refractivity (Wildman–Crippen MR) is 62.6 cm³/mol. The van der Waals surface area contributed by atoms with E-state index < -0.39 is 8.32 Å². The zero-order chi connectivity index (χ0) is 10.2. The molecule has 0 aromatic rings. The second-order valence-electron chi connectivity index (χ2n) is 4.14. The minimum Gasteiger partial charge on any atom is -0.420 e. The molecule has 0 heterocycles. The second-order valence-corrected chi connectivity index (χ2v) is 8.47. The van der Waals surface area contributed by atoms with Crippen LogP contribution in [0.15, 0.2) is 12.2 Å². The number of rotatable bonds is 7. The highest BCUT2D eigenvalue weighted by molar-refractivity contribution is 6.71. The van der Waals surface area contributed by atoms with Crippen LogP contribution >= 0.6 is 0 Å². The molecule has 0 aliphatic carbocycles. The molecule has 0 fully saturated rings. The van der Waals surface area contributed by atoms with Gasteiger partial charge in [0.15, 0.2) is 8.32 Å². The van der Waals surface area contributed by atoms with Crippen molar-refractivity contribution in [2.24, 2.45) is 0 Å². The third-order valence-corrected chi connectivity index (χ3v) is 4.63. The summed E-state index contributed by atoms with van der Waals surface area (Å²) < 4.78 is 5.45. The summed E-state index contributed by atoms with van der Waals surface area (Å²) in [5, 5.41) is 0. The van der Waals surface area contributed by atoms with Crippen molar-refractivity contribution in [1.82, 2.24) is 0 Å². The topological polar surface area (TPSA) is 9.23 Å². The lowest BCUT2D eigenvalue weighted by Gasteiger charge is -2.17. The molecule has 0 aliphatic rings. The molecule has 0 unspecified atom stereocenters. The lowest BCUT2D eigenvalue weighted by atomic mass is 10.2. The quantitative estimate of drug-likeness (QED) is 0.343. The second kappa shape index (κ2) is 7.33. The van der Waals surface area contributed by atoms with Crippen molar-refractivity contribution in [3.63, 3.8) is 0 Å². The summed E-state index contributed by atoms with van der Waals surface area (Å²) in [6.07, 6.45) is 9.85. The van der Waals surface area contributed by atoms with Gasteiger partial charge in [-0.05, 0) is 32.0 Å². The van der Waals surface area contributed by atoms with Crippen LogP contribution < -0.4 is 0 Å². The summed E-state index contributed by atoms with van der Waals surface area (Å²) in [6.45, 7) is 6.75. The van der Waals surface area contributed by atoms with Crippen molar-refractivity contribution >= 4 is 8.32 Å². The number of allylic oxidation sites excluding steroid dienone is 2. The average molecular weight is 200 g/mol. The molecule has 78 valence electrons. The molecule has 0 N–H and O–H groups in total. The first-order valence-corrected chi connectivity index (χ1v) is 8.44. The Labute approximate surface area is 84.3 Å². The van der Waals surface area contributed by atoms with Crippen LogP contribution in [-0.4, -0.2) is 15.4 Å². The van der Waals surface area contributed by atoms with Gasteiger partial charge < -0.3 is 4.43 Å². The molecule has 0 radical (unpaired) electrons. The zero-order valence-electron chi connectivity index (χ0n) is 9.60. The van der Waals surface area contributed by atoms with Crippen LogP contribution in [0.1, 0.15) is 32.6 Å². The number of hydrogen-bond donors (Lipinski definition) is 0. The average Bonchev–Trinajstić information content (AvgIpc) is 2.11. The first kappa shape index (κ1) is 12.9. The van der Waals surface area contributed by atoms with Gasteiger partial charge in [0.1, 0.15) is 0 Å². The van der Waals surface area contributed by atoms with Gasteiger partial charge in [-0.1, -0.05) is 31.9 Å². The third-order valence-electron chi connectivity index (χ3n) is 2.30. The Bertz CT molecular complexity index is 141. The molecular weight excluding hydrogens is 176 g/mol. The van der Waals surface area contributed by atoms with Crippen molar-refractivity contribution in [3.05, 3.63) is 12.2 Å². The summed E-state index contributed by atoms with van der Waals surface area (Å²) in [6, 6.07) is 1.15. The van der Waals surface area contributed by atoms with Gasteiger partial charge in [0, 0.05) is 7.11 Å². The fourth-order valence-electron chi connectivity index (χ4n) is 1.08. The molecule has 0 bridgehead atoms. The molecular formula is C11H24OSi. The van der Waals surface area contributed by atoms with Gasteiger partial charge >= 0.3 is 0 Å². The van der Waals surface area contributed by atoms with E-state index >= 15 is 0 Å². The van der Waals surface area contributed by atoms with E-state index in [2.05, 4.69) is 32.2 Å². The molecule has 0 spiro atoms. The maximum atomic E-state index is 5.45. The molecule has 1 nitrogen and oxygen atoms in total. The van der Waals surface area contributed by atoms with E-state index in [9.17, 15) is 0 Å². The zero-order valence-corrected chi connectivity index (χ0v) is 10.6. The van der Waals surface area contributed by atoms with E-state index in [1.165, 1.54) is 25.7 Å². The summed E-state index contributed by atoms with van der Waals surface area (Å²) in [7, 11) is 0.498. The van der Waals surface area contributed by atoms with Gasteiger partial charge in [0.25, 0.3) is 0 Å². The number of unbranched alkanes of at least 4 members (excludes halogenated alkanes) is 3. The smallest absolute Gasteiger partial charge is 0.189 e. The number of hydrogen-bond acceptors (Lipinski definition) is 1. The fourth-order valence-corrected chi connectivity index (χ4v) is 1.98. The van der Waals surface area contributed by atoms with E-state index in [4.69, 9.17) is 4.43 Å². The first-order chi connectivity index (χ1) is 6.12. The van der Waals surface area contributed by atoms with Gasteiger partial charge in [0.2, 0.25) is 0 Å². The maximum Gasteiger partial charge on any atom is 0.189 e. The van der Waals surface area contributed by atoms with Crippen molar-refractivity contribution in [1.29, 1.82) is 0 Å². The Morgan fingerprint density at radius 1 is 1.15 bits per heavy atom. The van der Waals surface area contributed by atoms with Crippen molar-refractivity contribution in [2.45, 2.75) is 51.7 Å². The molecule has 0 aromatic heterocycles. The highest BCUT2D eigenvalue weighted by Crippen LogP contribution is 2.10. The molecule has 0 amide bonds. The lowest BCUT2D eigenvalue weighted by Crippen LogP contribution is -2.27. The van der Waals surface area contributed by atoms with Gasteiger partial charge in [-0.15, -0.1) is 0 Å². The van der Waals surface area contributed by atoms with E-state index in [0.29, 0.717) is 0 Å². The SMILES string of the molecule is CCCCCC=CC[Si](C)(C)OC. The molecule has 0 saturated heterocycles. The highest BCUT2D eigenvalue weighted by Gasteiger charge is 2.17. The van der Waals surface area contributed by atoms with E-state index in [0.717, 1.165) is 6.04 Å². The fraction of sp³-hybridized carbons (Fsp3) is 0.818. The van der Waals surface area contributed by atoms with Gasteiger partial charge in [-0.25, -0.2) is 0 Å². The van der Waals surface area contributed by atoms with Crippen molar-refractivity contribution in [3.8, 4) is 0 Å². The van der Waals surface area contributed by atoms with Crippen LogP contribution in [-0.2, 0) is 4.43 Å². The largest absolute Gasteiger partial charge is 0.420 e. The summed E-state index contributed by atoms with van der Waals surface area (Å²) in [4.78, 5) is 0. The normalized spacial score (nSPS) is 12.6. The predicted octanol–water partition coefficient (Wildman–Crippen LogP) is 3.97. The Morgan fingerprint density at radius 2 is 1.85 bits per heavy atom. The summed E-state index contributed by atoms with van der Waals surface area (Å²) >= 11 is 0. The highest BCUT2D eigenvalue weighted by atomic mass is 28.4. The lowest BCUT2D eigenvalue weighted by molar-refractivity contribution is 0.407. The minimum atomic E-state index is -1.33. The Kier molecular flexibility index (Phi) is 7.29. The van der Waals surface area contributed by atoms with E-state index in [1.807, 2.05) is 7.11 Å². The van der Waals surface area contributed by atoms with Crippen LogP contribution in [0.2, 0.25) is 19.1 Å². The molecule has 0 rings (SSSR count). The molecule has 0 aromatic carbocycles. The van der Waals surface area contributed by atoms with Crippen LogP contribution in [0, 0.1) is 0 Å². The summed E-state index contributed by atoms with van der Waals surface area (Å²) in [5.41, 5.74) is 0. The van der Waals surface area contributed by atoms with Gasteiger partial charge in [0.05, 0.1) is 0 Å². The van der Waals surface area contributed by atoms with E-state index in [1.54, 1.807) is 0 Å². The molecule has 0 saturated carbocycles. The Balaban J connectivity index is 3.40. The monoisotopic (exact) mass is 200 g/mol. The Morgan fingerprint density at radius 3 is 2.38 bits per heavy atom. The first-order valence-electron chi connectivity index (χ1n) is 5.32. The van der Waals surface area contributed by atoms with Crippen LogP contribution in [0.3, 0.4) is 0 Å². The maximum absolute atomic E-state index is 5.45. The Hall–Kier alpha value is -0.0831. The molecule has 0 aliphatic heterocycles. The van der Waals surface area contributed by atoms with Crippen molar-refractivity contribution in [2.75, 3.05) is 7.11 Å². The standard InChI is InChI=1S/C11H24OSi/c1-5-6-7-8-9-10-11-13(3,4)12-2/h9-10H,5-8,11H2,1-4H3. The molecule has 0 atom stereocenters.